The van der Waals surface area contributed by atoms with Gasteiger partial charge in [-0.15, -0.1) is 11.3 Å². The van der Waals surface area contributed by atoms with E-state index in [-0.39, 0.29) is 0 Å². The lowest BCUT2D eigenvalue weighted by Gasteiger charge is -2.27. The third-order valence-electron chi connectivity index (χ3n) is 10.1. The average Bonchev–Trinajstić information content (AvgIpc) is 3.58. The van der Waals surface area contributed by atoms with Gasteiger partial charge in [-0.1, -0.05) is 133 Å². The molecule has 1 aliphatic rings. The van der Waals surface area contributed by atoms with E-state index in [0.29, 0.717) is 0 Å². The second-order valence-corrected chi connectivity index (χ2v) is 14.0. The molecule has 0 radical (unpaired) electrons. The zero-order chi connectivity index (χ0) is 33.0. The quantitative estimate of drug-likeness (QED) is 0.186. The number of benzene rings is 8. The molecule has 9 aromatic rings. The van der Waals surface area contributed by atoms with E-state index in [9.17, 15) is 0 Å². The fourth-order valence-electron chi connectivity index (χ4n) is 7.71. The lowest BCUT2D eigenvalue weighted by Crippen LogP contribution is -2.10. The van der Waals surface area contributed by atoms with Crippen LogP contribution < -0.4 is 10.2 Å². The third kappa shape index (κ3) is 4.70. The molecule has 3 heteroatoms. The molecular weight excluding hydrogens is 625 g/mol. The van der Waals surface area contributed by atoms with Crippen molar-refractivity contribution in [2.75, 3.05) is 16.8 Å². The van der Waals surface area contributed by atoms with Gasteiger partial charge in [0.15, 0.2) is 0 Å². The highest BCUT2D eigenvalue weighted by Crippen LogP contribution is 2.47. The first kappa shape index (κ1) is 28.8. The van der Waals surface area contributed by atoms with Crippen LogP contribution >= 0.6 is 11.3 Å². The summed E-state index contributed by atoms with van der Waals surface area (Å²) < 4.78 is 1.28. The van der Waals surface area contributed by atoms with Gasteiger partial charge in [0.25, 0.3) is 0 Å². The van der Waals surface area contributed by atoms with Gasteiger partial charge in [0.2, 0.25) is 0 Å². The number of thiophene rings is 1. The van der Waals surface area contributed by atoms with Crippen molar-refractivity contribution in [3.8, 4) is 22.3 Å². The molecule has 0 atom stereocenters. The number of nitrogens with zero attached hydrogens (tertiary/aromatic N) is 1. The Bertz CT molecular complexity index is 2700. The molecular formula is C47H32N2S. The van der Waals surface area contributed by atoms with Crippen molar-refractivity contribution in [2.24, 2.45) is 0 Å². The highest BCUT2D eigenvalue weighted by atomic mass is 32.1. The summed E-state index contributed by atoms with van der Waals surface area (Å²) >= 11 is 1.83. The minimum absolute atomic E-state index is 0.863. The molecule has 2 heterocycles. The van der Waals surface area contributed by atoms with Crippen molar-refractivity contribution in [3.63, 3.8) is 0 Å². The minimum Gasteiger partial charge on any atom is -0.373 e. The van der Waals surface area contributed by atoms with Gasteiger partial charge in [-0.3, -0.25) is 0 Å². The van der Waals surface area contributed by atoms with Crippen molar-refractivity contribution in [2.45, 2.75) is 0 Å². The van der Waals surface area contributed by atoms with Crippen LogP contribution in [0.25, 0.3) is 70.7 Å². The number of nitrogens with one attached hydrogen (secondary N) is 1. The predicted octanol–water partition coefficient (Wildman–Crippen LogP) is 13.6. The zero-order valence-corrected chi connectivity index (χ0v) is 28.1. The first-order chi connectivity index (χ1) is 24.8. The van der Waals surface area contributed by atoms with E-state index < -0.39 is 0 Å². The van der Waals surface area contributed by atoms with E-state index in [2.05, 4.69) is 186 Å². The zero-order valence-electron chi connectivity index (χ0n) is 27.3. The maximum Gasteiger partial charge on any atom is 0.0971 e. The topological polar surface area (TPSA) is 15.3 Å². The Morgan fingerprint density at radius 1 is 0.460 bits per heavy atom. The minimum atomic E-state index is 0.863. The Morgan fingerprint density at radius 2 is 1.00 bits per heavy atom. The van der Waals surface area contributed by atoms with Gasteiger partial charge in [-0.25, -0.2) is 0 Å². The van der Waals surface area contributed by atoms with Crippen LogP contribution in [-0.4, -0.2) is 6.54 Å². The molecule has 0 spiro atoms. The summed E-state index contributed by atoms with van der Waals surface area (Å²) in [6, 6.07) is 59.9. The molecule has 0 saturated heterocycles. The highest BCUT2D eigenvalue weighted by Gasteiger charge is 2.21. The standard InChI is InChI=1S/C47H32N2S/c1-2-10-31(11-3-1)32-19-24-35(25-20-32)49(44-17-8-18-45-46(44)42-16-9-29-48-47(42)50-45)36-26-21-33(22-27-36)34-23-28-41-39-14-5-4-12-37(39)38-13-6-7-15-40(38)43(41)30-34/h1-28,30,48H,29H2. The molecule has 8 aromatic carbocycles. The van der Waals surface area contributed by atoms with Gasteiger partial charge in [-0.2, -0.15) is 0 Å². The molecule has 0 aliphatic carbocycles. The van der Waals surface area contributed by atoms with Gasteiger partial charge in [0.05, 0.1) is 10.7 Å². The van der Waals surface area contributed by atoms with Gasteiger partial charge < -0.3 is 10.2 Å². The summed E-state index contributed by atoms with van der Waals surface area (Å²) in [5.41, 5.74) is 9.54. The average molecular weight is 657 g/mol. The van der Waals surface area contributed by atoms with Crippen LogP contribution in [0.15, 0.2) is 170 Å². The van der Waals surface area contributed by atoms with Crippen LogP contribution in [0, 0.1) is 0 Å². The summed E-state index contributed by atoms with van der Waals surface area (Å²) in [5, 5.41) is 13.9. The summed E-state index contributed by atoms with van der Waals surface area (Å²) in [6.07, 6.45) is 4.50. The molecule has 2 nitrogen and oxygen atoms in total. The van der Waals surface area contributed by atoms with Gasteiger partial charge in [0, 0.05) is 33.6 Å². The molecule has 1 N–H and O–H groups in total. The second-order valence-electron chi connectivity index (χ2n) is 12.9. The van der Waals surface area contributed by atoms with E-state index >= 15 is 0 Å². The number of hydrogen-bond donors (Lipinski definition) is 1. The van der Waals surface area contributed by atoms with Crippen molar-refractivity contribution < 1.29 is 0 Å². The second kappa shape index (κ2) is 11.8. The number of rotatable bonds is 5. The monoisotopic (exact) mass is 656 g/mol. The molecule has 0 fully saturated rings. The molecule has 236 valence electrons. The van der Waals surface area contributed by atoms with Crippen LogP contribution in [0.4, 0.5) is 22.1 Å². The number of anilines is 4. The summed E-state index contributed by atoms with van der Waals surface area (Å²) in [7, 11) is 0. The fraction of sp³-hybridized carbons (Fsp3) is 0.0213. The van der Waals surface area contributed by atoms with Gasteiger partial charge in [0.1, 0.15) is 0 Å². The fourth-order valence-corrected chi connectivity index (χ4v) is 8.83. The molecule has 0 bridgehead atoms. The summed E-state index contributed by atoms with van der Waals surface area (Å²) in [5.74, 6) is 0. The van der Waals surface area contributed by atoms with Crippen LogP contribution in [0.2, 0.25) is 0 Å². The van der Waals surface area contributed by atoms with Crippen molar-refractivity contribution >= 4 is 81.9 Å². The van der Waals surface area contributed by atoms with Crippen LogP contribution in [0.1, 0.15) is 5.56 Å². The maximum atomic E-state index is 3.60. The summed E-state index contributed by atoms with van der Waals surface area (Å²) in [6.45, 7) is 0.863. The predicted molar refractivity (Wildman–Crippen MR) is 217 cm³/mol. The Hall–Kier alpha value is -6.16. The van der Waals surface area contributed by atoms with Crippen LogP contribution in [0.5, 0.6) is 0 Å². The first-order valence-electron chi connectivity index (χ1n) is 17.2. The molecule has 0 unspecified atom stereocenters. The van der Waals surface area contributed by atoms with Gasteiger partial charge in [-0.05, 0) is 97.0 Å². The van der Waals surface area contributed by atoms with E-state index in [1.165, 1.54) is 80.9 Å². The van der Waals surface area contributed by atoms with Crippen molar-refractivity contribution in [1.29, 1.82) is 0 Å². The normalized spacial score (nSPS) is 12.4. The molecule has 0 amide bonds. The van der Waals surface area contributed by atoms with Crippen molar-refractivity contribution in [3.05, 3.63) is 175 Å². The largest absolute Gasteiger partial charge is 0.373 e. The molecule has 1 aromatic heterocycles. The van der Waals surface area contributed by atoms with Gasteiger partial charge >= 0.3 is 0 Å². The summed E-state index contributed by atoms with van der Waals surface area (Å²) in [4.78, 5) is 2.41. The SMILES string of the molecule is C1=Cc2c(sc3cccc(N(c4ccc(-c5ccccc5)cc4)c4ccc(-c5ccc6c7ccccc7c7ccccc7c6c5)cc4)c23)NC1. The maximum absolute atomic E-state index is 3.60. The molecule has 0 saturated carbocycles. The van der Waals surface area contributed by atoms with E-state index in [4.69, 9.17) is 0 Å². The molecule has 50 heavy (non-hydrogen) atoms. The number of fused-ring (bicyclic) bond motifs is 9. The highest BCUT2D eigenvalue weighted by molar-refractivity contribution is 7.23. The third-order valence-corrected chi connectivity index (χ3v) is 11.2. The lowest BCUT2D eigenvalue weighted by molar-refractivity contribution is 1.30. The Balaban J connectivity index is 1.11. The lowest BCUT2D eigenvalue weighted by atomic mass is 9.92. The van der Waals surface area contributed by atoms with Crippen LogP contribution in [0.3, 0.4) is 0 Å². The Morgan fingerprint density at radius 3 is 1.66 bits per heavy atom. The van der Waals surface area contributed by atoms with Crippen LogP contribution in [-0.2, 0) is 0 Å². The first-order valence-corrected chi connectivity index (χ1v) is 18.0. The Kier molecular flexibility index (Phi) is 6.78. The van der Waals surface area contributed by atoms with E-state index in [1.54, 1.807) is 0 Å². The van der Waals surface area contributed by atoms with E-state index in [0.717, 1.165) is 17.9 Å². The van der Waals surface area contributed by atoms with E-state index in [1.807, 2.05) is 11.3 Å². The smallest absolute Gasteiger partial charge is 0.0971 e. The number of hydrogen-bond acceptors (Lipinski definition) is 3. The molecule has 10 rings (SSSR count). The van der Waals surface area contributed by atoms with Crippen molar-refractivity contribution in [1.82, 2.24) is 0 Å². The Labute approximate surface area is 295 Å². The molecule has 1 aliphatic heterocycles.